The Morgan fingerprint density at radius 1 is 1.09 bits per heavy atom. The molecule has 0 saturated heterocycles. The van der Waals surface area contributed by atoms with Crippen LogP contribution in [0.2, 0.25) is 10.0 Å². The van der Waals surface area contributed by atoms with Gasteiger partial charge in [-0.3, -0.25) is 9.59 Å². The zero-order valence-corrected chi connectivity index (χ0v) is 22.9. The van der Waals surface area contributed by atoms with E-state index in [1.165, 1.54) is 4.90 Å². The summed E-state index contributed by atoms with van der Waals surface area (Å²) in [6.45, 7) is 4.45. The van der Waals surface area contributed by atoms with Crippen molar-refractivity contribution in [2.75, 3.05) is 13.2 Å². The molecular weight excluding hydrogens is 551 g/mol. The average Bonchev–Trinajstić information content (AvgIpc) is 2.85. The molecule has 0 aliphatic rings. The fourth-order valence-corrected chi connectivity index (χ4v) is 4.88. The number of carbonyl (C=O) groups is 2. The molecule has 0 bridgehead atoms. The van der Waals surface area contributed by atoms with Crippen LogP contribution in [0.25, 0.3) is 10.8 Å². The van der Waals surface area contributed by atoms with Gasteiger partial charge in [0.2, 0.25) is 5.91 Å². The molecule has 0 aromatic heterocycles. The molecule has 0 spiro atoms. The number of benzene rings is 3. The van der Waals surface area contributed by atoms with E-state index in [0.29, 0.717) is 34.3 Å². The number of fused-ring (bicyclic) bond motifs is 1. The second kappa shape index (κ2) is 13.1. The number of nitrogens with one attached hydrogen (secondary N) is 1. The van der Waals surface area contributed by atoms with Gasteiger partial charge < -0.3 is 15.0 Å². The molecule has 8 heteroatoms. The molecule has 5 nitrogen and oxygen atoms in total. The third kappa shape index (κ3) is 7.12. The highest BCUT2D eigenvalue weighted by molar-refractivity contribution is 9.10. The normalized spacial score (nSPS) is 11.8. The van der Waals surface area contributed by atoms with Gasteiger partial charge in [-0.05, 0) is 63.3 Å². The predicted molar refractivity (Wildman–Crippen MR) is 146 cm³/mol. The van der Waals surface area contributed by atoms with Gasteiger partial charge in [0.1, 0.15) is 11.8 Å². The largest absolute Gasteiger partial charge is 0.483 e. The van der Waals surface area contributed by atoms with Crippen molar-refractivity contribution >= 4 is 61.7 Å². The molecule has 3 aromatic rings. The van der Waals surface area contributed by atoms with Crippen LogP contribution in [-0.2, 0) is 16.1 Å². The van der Waals surface area contributed by atoms with Crippen LogP contribution in [0, 0.1) is 0 Å². The van der Waals surface area contributed by atoms with Gasteiger partial charge in [-0.25, -0.2) is 0 Å². The summed E-state index contributed by atoms with van der Waals surface area (Å²) in [6, 6.07) is 16.1. The maximum atomic E-state index is 13.4. The van der Waals surface area contributed by atoms with Crippen molar-refractivity contribution in [2.45, 2.75) is 45.7 Å². The molecule has 0 aliphatic heterocycles. The Kier molecular flexibility index (Phi) is 10.3. The second-order valence-electron chi connectivity index (χ2n) is 8.21. The summed E-state index contributed by atoms with van der Waals surface area (Å²) in [5.74, 6) is 0.0572. The van der Waals surface area contributed by atoms with Gasteiger partial charge in [0.15, 0.2) is 6.61 Å². The lowest BCUT2D eigenvalue weighted by Gasteiger charge is -2.31. The van der Waals surface area contributed by atoms with E-state index in [-0.39, 0.29) is 25.0 Å². The quantitative estimate of drug-likeness (QED) is 0.248. The van der Waals surface area contributed by atoms with Crippen molar-refractivity contribution in [3.05, 3.63) is 74.7 Å². The molecule has 0 radical (unpaired) electrons. The number of nitrogens with zero attached hydrogens (tertiary/aromatic N) is 1. The molecule has 3 aromatic carbocycles. The van der Waals surface area contributed by atoms with Crippen LogP contribution in [0.3, 0.4) is 0 Å². The number of ether oxygens (including phenoxy) is 1. The summed E-state index contributed by atoms with van der Waals surface area (Å²) in [5, 5.41) is 5.94. The van der Waals surface area contributed by atoms with E-state index < -0.39 is 6.04 Å². The Labute approximate surface area is 224 Å². The van der Waals surface area contributed by atoms with Crippen molar-refractivity contribution in [1.29, 1.82) is 0 Å². The molecule has 1 N–H and O–H groups in total. The minimum absolute atomic E-state index is 0.163. The highest BCUT2D eigenvalue weighted by Crippen LogP contribution is 2.33. The molecule has 0 heterocycles. The van der Waals surface area contributed by atoms with Gasteiger partial charge in [-0.1, -0.05) is 79.9 Å². The van der Waals surface area contributed by atoms with E-state index >= 15 is 0 Å². The van der Waals surface area contributed by atoms with E-state index in [1.807, 2.05) is 43.3 Å². The highest BCUT2D eigenvalue weighted by Gasteiger charge is 2.29. The molecule has 3 rings (SSSR count). The molecule has 0 saturated carbocycles. The molecule has 0 unspecified atom stereocenters. The average molecular weight is 580 g/mol. The minimum atomic E-state index is -0.658. The monoisotopic (exact) mass is 578 g/mol. The summed E-state index contributed by atoms with van der Waals surface area (Å²) < 4.78 is 6.70. The van der Waals surface area contributed by atoms with Gasteiger partial charge >= 0.3 is 0 Å². The lowest BCUT2D eigenvalue weighted by Crippen LogP contribution is -2.50. The Hall–Kier alpha value is -2.28. The minimum Gasteiger partial charge on any atom is -0.483 e. The van der Waals surface area contributed by atoms with E-state index in [1.54, 1.807) is 18.2 Å². The highest BCUT2D eigenvalue weighted by atomic mass is 79.9. The van der Waals surface area contributed by atoms with Gasteiger partial charge in [-0.15, -0.1) is 0 Å². The fraction of sp³-hybridized carbons (Fsp3) is 0.333. The van der Waals surface area contributed by atoms with Crippen molar-refractivity contribution in [2.24, 2.45) is 0 Å². The van der Waals surface area contributed by atoms with Crippen LogP contribution in [0.15, 0.2) is 59.1 Å². The van der Waals surface area contributed by atoms with Gasteiger partial charge in [0.25, 0.3) is 5.91 Å². The summed E-state index contributed by atoms with van der Waals surface area (Å²) in [5.41, 5.74) is 0.705. The van der Waals surface area contributed by atoms with Crippen molar-refractivity contribution < 1.29 is 14.3 Å². The number of unbranched alkanes of at least 4 members (excludes halogenated alkanes) is 1. The first-order chi connectivity index (χ1) is 16.8. The van der Waals surface area contributed by atoms with Gasteiger partial charge in [0.05, 0.1) is 4.47 Å². The first-order valence-electron chi connectivity index (χ1n) is 11.7. The van der Waals surface area contributed by atoms with Crippen molar-refractivity contribution in [3.63, 3.8) is 0 Å². The number of carbonyl (C=O) groups excluding carboxylic acids is 2. The van der Waals surface area contributed by atoms with Crippen LogP contribution in [0.5, 0.6) is 5.75 Å². The summed E-state index contributed by atoms with van der Waals surface area (Å²) in [6.07, 6.45) is 2.29. The SMILES string of the molecule is CCCCNC(=O)[C@H](CC)N(Cc1ccc(Cl)cc1Cl)C(=O)COc1ccc2ccccc2c1Br. The maximum Gasteiger partial charge on any atom is 0.261 e. The predicted octanol–water partition coefficient (Wildman–Crippen LogP) is 7.01. The smallest absolute Gasteiger partial charge is 0.261 e. The molecule has 35 heavy (non-hydrogen) atoms. The summed E-state index contributed by atoms with van der Waals surface area (Å²) in [4.78, 5) is 28.0. The van der Waals surface area contributed by atoms with E-state index in [2.05, 4.69) is 28.2 Å². The van der Waals surface area contributed by atoms with Crippen molar-refractivity contribution in [1.82, 2.24) is 10.2 Å². The second-order valence-corrected chi connectivity index (χ2v) is 9.85. The Balaban J connectivity index is 1.83. The first kappa shape index (κ1) is 27.3. The van der Waals surface area contributed by atoms with E-state index in [4.69, 9.17) is 27.9 Å². The Bertz CT molecular complexity index is 1190. The standard InChI is InChI=1S/C27H29BrCl2N2O3/c1-3-5-14-31-27(34)23(4-2)32(16-19-10-12-20(29)15-22(19)30)25(33)17-35-24-13-11-18-8-6-7-9-21(18)26(24)28/h6-13,15,23H,3-5,14,16-17H2,1-2H3,(H,31,34)/t23-/m0/s1. The molecule has 186 valence electrons. The van der Waals surface area contributed by atoms with Crippen molar-refractivity contribution in [3.8, 4) is 5.75 Å². The Morgan fingerprint density at radius 3 is 2.57 bits per heavy atom. The summed E-state index contributed by atoms with van der Waals surface area (Å²) in [7, 11) is 0. The van der Waals surface area contributed by atoms with Crippen LogP contribution in [0.1, 0.15) is 38.7 Å². The number of halogens is 3. The van der Waals surface area contributed by atoms with Crippen LogP contribution in [0.4, 0.5) is 0 Å². The van der Waals surface area contributed by atoms with Crippen LogP contribution in [-0.4, -0.2) is 35.9 Å². The van der Waals surface area contributed by atoms with E-state index in [9.17, 15) is 9.59 Å². The lowest BCUT2D eigenvalue weighted by molar-refractivity contribution is -0.143. The van der Waals surface area contributed by atoms with E-state index in [0.717, 1.165) is 28.1 Å². The maximum absolute atomic E-state index is 13.4. The zero-order valence-electron chi connectivity index (χ0n) is 19.8. The Morgan fingerprint density at radius 2 is 1.86 bits per heavy atom. The van der Waals surface area contributed by atoms with Crippen LogP contribution >= 0.6 is 39.1 Å². The molecular formula is C27H29BrCl2N2O3. The van der Waals surface area contributed by atoms with Gasteiger partial charge in [0, 0.05) is 23.1 Å². The third-order valence-corrected chi connectivity index (χ3v) is 7.16. The number of hydrogen-bond acceptors (Lipinski definition) is 3. The number of rotatable bonds is 11. The van der Waals surface area contributed by atoms with Gasteiger partial charge in [-0.2, -0.15) is 0 Å². The molecule has 1 atom stereocenters. The molecule has 0 fully saturated rings. The molecule has 0 aliphatic carbocycles. The summed E-state index contributed by atoms with van der Waals surface area (Å²) >= 11 is 16.0. The topological polar surface area (TPSA) is 58.6 Å². The lowest BCUT2D eigenvalue weighted by atomic mass is 10.1. The zero-order chi connectivity index (χ0) is 25.4. The molecule has 2 amide bonds. The number of hydrogen-bond donors (Lipinski definition) is 1. The third-order valence-electron chi connectivity index (χ3n) is 5.75. The fourth-order valence-electron chi connectivity index (χ4n) is 3.81. The first-order valence-corrected chi connectivity index (χ1v) is 13.2. The van der Waals surface area contributed by atoms with Crippen LogP contribution < -0.4 is 10.1 Å². The number of amides is 2.